The molecule has 0 aromatic carbocycles. The van der Waals surface area contributed by atoms with Crippen molar-refractivity contribution in [3.05, 3.63) is 0 Å². The number of carboxylic acids is 1. The van der Waals surface area contributed by atoms with Crippen molar-refractivity contribution in [3.8, 4) is 0 Å². The second kappa shape index (κ2) is 8.46. The maximum atomic E-state index is 12.3. The van der Waals surface area contributed by atoms with E-state index in [9.17, 15) is 14.4 Å². The summed E-state index contributed by atoms with van der Waals surface area (Å²) in [5.74, 6) is -1.13. The van der Waals surface area contributed by atoms with Crippen LogP contribution in [0, 0.1) is 0 Å². The van der Waals surface area contributed by atoms with E-state index < -0.39 is 5.97 Å². The fourth-order valence-electron chi connectivity index (χ4n) is 2.31. The fourth-order valence-corrected chi connectivity index (χ4v) is 2.31. The van der Waals surface area contributed by atoms with Crippen LogP contribution in [0.4, 0.5) is 4.79 Å². The summed E-state index contributed by atoms with van der Waals surface area (Å²) >= 11 is 0. The number of aliphatic carboxylic acids is 1. The lowest BCUT2D eigenvalue weighted by molar-refractivity contribution is -0.138. The normalized spacial score (nSPS) is 15.6. The summed E-state index contributed by atoms with van der Waals surface area (Å²) in [6.07, 6.45) is 1.35. The van der Waals surface area contributed by atoms with Crippen LogP contribution in [0.3, 0.4) is 0 Å². The second-order valence-electron chi connectivity index (χ2n) is 5.05. The van der Waals surface area contributed by atoms with Crippen molar-refractivity contribution in [1.29, 1.82) is 0 Å². The Morgan fingerprint density at radius 2 is 1.95 bits per heavy atom. The molecule has 1 fully saturated rings. The summed E-state index contributed by atoms with van der Waals surface area (Å²) in [6, 6.07) is -0.214. The van der Waals surface area contributed by atoms with Crippen LogP contribution >= 0.6 is 0 Å². The zero-order valence-electron chi connectivity index (χ0n) is 12.5. The molecule has 21 heavy (non-hydrogen) atoms. The van der Waals surface area contributed by atoms with Crippen molar-refractivity contribution in [1.82, 2.24) is 15.1 Å². The van der Waals surface area contributed by atoms with Gasteiger partial charge in [0, 0.05) is 39.7 Å². The number of rotatable bonds is 6. The van der Waals surface area contributed by atoms with E-state index in [1.54, 1.807) is 4.90 Å². The molecule has 0 radical (unpaired) electrons. The van der Waals surface area contributed by atoms with Gasteiger partial charge >= 0.3 is 12.0 Å². The first-order valence-electron chi connectivity index (χ1n) is 6.95. The number of urea groups is 1. The molecule has 0 aliphatic carbocycles. The van der Waals surface area contributed by atoms with Crippen LogP contribution in [-0.4, -0.2) is 78.8 Å². The zero-order valence-corrected chi connectivity index (χ0v) is 12.5. The highest BCUT2D eigenvalue weighted by Gasteiger charge is 2.27. The molecule has 1 rings (SSSR count). The van der Waals surface area contributed by atoms with E-state index in [0.29, 0.717) is 32.5 Å². The van der Waals surface area contributed by atoms with Crippen LogP contribution in [0.25, 0.3) is 0 Å². The Balaban J connectivity index is 2.52. The quantitative estimate of drug-likeness (QED) is 0.704. The molecule has 8 nitrogen and oxygen atoms in total. The van der Waals surface area contributed by atoms with Crippen LogP contribution in [0.5, 0.6) is 0 Å². The van der Waals surface area contributed by atoms with E-state index in [2.05, 4.69) is 5.32 Å². The second-order valence-corrected chi connectivity index (χ2v) is 5.05. The Morgan fingerprint density at radius 3 is 2.43 bits per heavy atom. The standard InChI is InChI=1S/C13H23N3O5/c1-10(17)14-11-3-5-15(6-4-11)13(20)16(7-8-21-2)9-12(18)19/h11H,3-9H2,1-2H3,(H,14,17)(H,18,19). The average molecular weight is 301 g/mol. The van der Waals surface area contributed by atoms with E-state index in [1.807, 2.05) is 0 Å². The molecule has 0 spiro atoms. The summed E-state index contributed by atoms with van der Waals surface area (Å²) in [7, 11) is 1.50. The number of nitrogens with zero attached hydrogens (tertiary/aromatic N) is 2. The lowest BCUT2D eigenvalue weighted by Crippen LogP contribution is -2.51. The number of methoxy groups -OCH3 is 1. The Labute approximate surface area is 124 Å². The third-order valence-corrected chi connectivity index (χ3v) is 3.33. The highest BCUT2D eigenvalue weighted by molar-refractivity contribution is 5.80. The van der Waals surface area contributed by atoms with Gasteiger partial charge in [-0.3, -0.25) is 9.59 Å². The summed E-state index contributed by atoms with van der Waals surface area (Å²) in [5, 5.41) is 11.7. The largest absolute Gasteiger partial charge is 0.480 e. The maximum absolute atomic E-state index is 12.3. The van der Waals surface area contributed by atoms with Gasteiger partial charge in [0.2, 0.25) is 5.91 Å². The van der Waals surface area contributed by atoms with Crippen molar-refractivity contribution in [2.24, 2.45) is 0 Å². The molecule has 0 aromatic heterocycles. The van der Waals surface area contributed by atoms with Gasteiger partial charge in [0.05, 0.1) is 6.61 Å². The van der Waals surface area contributed by atoms with Crippen LogP contribution in [0.1, 0.15) is 19.8 Å². The molecule has 8 heteroatoms. The highest BCUT2D eigenvalue weighted by atomic mass is 16.5. The summed E-state index contributed by atoms with van der Waals surface area (Å²) < 4.78 is 4.90. The first-order chi connectivity index (χ1) is 9.93. The molecule has 1 saturated heterocycles. The fraction of sp³-hybridized carbons (Fsp3) is 0.769. The zero-order chi connectivity index (χ0) is 15.8. The molecule has 3 amide bonds. The summed E-state index contributed by atoms with van der Waals surface area (Å²) in [6.45, 7) is 2.68. The molecule has 120 valence electrons. The first-order valence-corrected chi connectivity index (χ1v) is 6.95. The minimum absolute atomic E-state index is 0.0765. The summed E-state index contributed by atoms with van der Waals surface area (Å²) in [5.41, 5.74) is 0. The SMILES string of the molecule is COCCN(CC(=O)O)C(=O)N1CCC(NC(C)=O)CC1. The molecule has 0 unspecified atom stereocenters. The molecule has 0 atom stereocenters. The maximum Gasteiger partial charge on any atom is 0.323 e. The number of carboxylic acid groups (broad SMARTS) is 1. The van der Waals surface area contributed by atoms with Crippen LogP contribution in [0.15, 0.2) is 0 Å². The summed E-state index contributed by atoms with van der Waals surface area (Å²) in [4.78, 5) is 37.0. The molecule has 1 heterocycles. The molecule has 0 aromatic rings. The third kappa shape index (κ3) is 5.99. The Kier molecular flexibility index (Phi) is 6.93. The Morgan fingerprint density at radius 1 is 1.33 bits per heavy atom. The van der Waals surface area contributed by atoms with E-state index >= 15 is 0 Å². The average Bonchev–Trinajstić information content (AvgIpc) is 2.42. The van der Waals surface area contributed by atoms with Gasteiger partial charge in [0.25, 0.3) is 0 Å². The lowest BCUT2D eigenvalue weighted by atomic mass is 10.1. The number of nitrogens with one attached hydrogen (secondary N) is 1. The minimum Gasteiger partial charge on any atom is -0.480 e. The number of carbonyl (C=O) groups excluding carboxylic acids is 2. The van der Waals surface area contributed by atoms with Gasteiger partial charge < -0.3 is 25.0 Å². The highest BCUT2D eigenvalue weighted by Crippen LogP contribution is 2.12. The van der Waals surface area contributed by atoms with E-state index in [1.165, 1.54) is 18.9 Å². The number of carbonyl (C=O) groups is 3. The Bertz CT molecular complexity index is 380. The van der Waals surface area contributed by atoms with Gasteiger partial charge in [-0.15, -0.1) is 0 Å². The van der Waals surface area contributed by atoms with E-state index in [0.717, 1.165) is 0 Å². The lowest BCUT2D eigenvalue weighted by Gasteiger charge is -2.35. The predicted octanol–water partition coefficient (Wildman–Crippen LogP) is -0.260. The number of likely N-dealkylation sites (tertiary alicyclic amines) is 1. The van der Waals surface area contributed by atoms with Crippen LogP contribution in [0.2, 0.25) is 0 Å². The van der Waals surface area contributed by atoms with Gasteiger partial charge in [-0.25, -0.2) is 4.79 Å². The van der Waals surface area contributed by atoms with Crippen molar-refractivity contribution in [3.63, 3.8) is 0 Å². The van der Waals surface area contributed by atoms with Gasteiger partial charge in [0.15, 0.2) is 0 Å². The number of amides is 3. The number of piperidine rings is 1. The van der Waals surface area contributed by atoms with Gasteiger partial charge in [0.1, 0.15) is 6.54 Å². The van der Waals surface area contributed by atoms with E-state index in [4.69, 9.17) is 9.84 Å². The van der Waals surface area contributed by atoms with Crippen LogP contribution in [-0.2, 0) is 14.3 Å². The smallest absolute Gasteiger partial charge is 0.323 e. The number of hydrogen-bond donors (Lipinski definition) is 2. The molecule has 2 N–H and O–H groups in total. The number of ether oxygens (including phenoxy) is 1. The van der Waals surface area contributed by atoms with Gasteiger partial charge in [-0.2, -0.15) is 0 Å². The molecule has 0 saturated carbocycles. The van der Waals surface area contributed by atoms with Crippen molar-refractivity contribution in [2.45, 2.75) is 25.8 Å². The van der Waals surface area contributed by atoms with Gasteiger partial charge in [-0.1, -0.05) is 0 Å². The van der Waals surface area contributed by atoms with Crippen molar-refractivity contribution in [2.75, 3.05) is 39.9 Å². The Hall–Kier alpha value is -1.83. The third-order valence-electron chi connectivity index (χ3n) is 3.33. The first kappa shape index (κ1) is 17.2. The molecule has 1 aliphatic rings. The van der Waals surface area contributed by atoms with E-state index in [-0.39, 0.29) is 31.1 Å². The van der Waals surface area contributed by atoms with Gasteiger partial charge in [-0.05, 0) is 12.8 Å². The van der Waals surface area contributed by atoms with Crippen molar-refractivity contribution < 1.29 is 24.2 Å². The molecular formula is C13H23N3O5. The molecular weight excluding hydrogens is 278 g/mol. The predicted molar refractivity (Wildman–Crippen MR) is 74.9 cm³/mol. The minimum atomic E-state index is -1.05. The monoisotopic (exact) mass is 301 g/mol. The molecule has 0 bridgehead atoms. The van der Waals surface area contributed by atoms with Crippen LogP contribution < -0.4 is 5.32 Å². The van der Waals surface area contributed by atoms with Crippen molar-refractivity contribution >= 4 is 17.9 Å². The topological polar surface area (TPSA) is 99.2 Å². The molecule has 1 aliphatic heterocycles. The number of hydrogen-bond acceptors (Lipinski definition) is 4.